The van der Waals surface area contributed by atoms with Gasteiger partial charge in [-0.1, -0.05) is 32.6 Å². The summed E-state index contributed by atoms with van der Waals surface area (Å²) in [6.45, 7) is 6.77. The van der Waals surface area contributed by atoms with Crippen LogP contribution in [0.2, 0.25) is 0 Å². The van der Waals surface area contributed by atoms with Gasteiger partial charge in [-0.25, -0.2) is 0 Å². The Kier molecular flexibility index (Phi) is 8.53. The van der Waals surface area contributed by atoms with E-state index < -0.39 is 5.41 Å². The third-order valence-corrected chi connectivity index (χ3v) is 3.43. The van der Waals surface area contributed by atoms with Crippen LogP contribution in [0.1, 0.15) is 79.1 Å². The van der Waals surface area contributed by atoms with Gasteiger partial charge in [0.05, 0.1) is 0 Å². The van der Waals surface area contributed by atoms with Gasteiger partial charge in [-0.05, 0) is 32.6 Å². The van der Waals surface area contributed by atoms with E-state index in [-0.39, 0.29) is 17.3 Å². The van der Waals surface area contributed by atoms with Gasteiger partial charge in [0.15, 0.2) is 0 Å². The largest absolute Gasteiger partial charge is 0.300 e. The van der Waals surface area contributed by atoms with Crippen molar-refractivity contribution in [2.45, 2.75) is 79.1 Å². The first-order valence-electron chi connectivity index (χ1n) is 7.29. The molecule has 0 rings (SSSR count). The molecule has 0 spiro atoms. The molecule has 0 heterocycles. The molecule has 0 N–H and O–H groups in total. The molecular weight excluding hydrogens is 240 g/mol. The van der Waals surface area contributed by atoms with Crippen LogP contribution in [0.3, 0.4) is 0 Å². The summed E-state index contributed by atoms with van der Waals surface area (Å²) >= 11 is 0. The first kappa shape index (κ1) is 18.0. The minimum absolute atomic E-state index is 0.0676. The molecule has 3 heteroatoms. The molecule has 0 aromatic carbocycles. The minimum atomic E-state index is -0.433. The quantitative estimate of drug-likeness (QED) is 0.534. The van der Waals surface area contributed by atoms with E-state index >= 15 is 0 Å². The van der Waals surface area contributed by atoms with Crippen LogP contribution in [0.15, 0.2) is 0 Å². The lowest BCUT2D eigenvalue weighted by Crippen LogP contribution is -2.29. The molecule has 0 aromatic rings. The maximum Gasteiger partial charge on any atom is 0.130 e. The number of Topliss-reactive ketones (excluding diaryl/α,β-unsaturated/α-hetero) is 3. The highest BCUT2D eigenvalue weighted by Crippen LogP contribution is 2.37. The molecule has 0 fully saturated rings. The highest BCUT2D eigenvalue weighted by atomic mass is 16.1. The van der Waals surface area contributed by atoms with E-state index in [1.807, 2.05) is 0 Å². The second-order valence-corrected chi connectivity index (χ2v) is 5.95. The first-order chi connectivity index (χ1) is 8.81. The molecule has 0 aliphatic carbocycles. The van der Waals surface area contributed by atoms with Gasteiger partial charge in [-0.2, -0.15) is 0 Å². The standard InChI is InChI=1S/C16H28O3/c1-5-6-7-8-9-16(10-13(2)17,11-14(3)18)12-15(4)19/h5-12H2,1-4H3. The summed E-state index contributed by atoms with van der Waals surface area (Å²) in [6, 6.07) is 0. The van der Waals surface area contributed by atoms with Crippen LogP contribution in [0.25, 0.3) is 0 Å². The SMILES string of the molecule is CCCCCCC(CC(C)=O)(CC(C)=O)CC(C)=O. The minimum Gasteiger partial charge on any atom is -0.300 e. The van der Waals surface area contributed by atoms with Crippen molar-refractivity contribution in [2.75, 3.05) is 0 Å². The molecule has 0 unspecified atom stereocenters. The summed E-state index contributed by atoms with van der Waals surface area (Å²) in [6.07, 6.45) is 6.24. The summed E-state index contributed by atoms with van der Waals surface area (Å²) in [5.41, 5.74) is -0.433. The fourth-order valence-corrected chi connectivity index (χ4v) is 2.96. The van der Waals surface area contributed by atoms with Crippen molar-refractivity contribution >= 4 is 17.3 Å². The number of hydrogen-bond donors (Lipinski definition) is 0. The highest BCUT2D eigenvalue weighted by Gasteiger charge is 2.33. The van der Waals surface area contributed by atoms with Crippen molar-refractivity contribution in [3.63, 3.8) is 0 Å². The number of ketones is 3. The van der Waals surface area contributed by atoms with E-state index in [4.69, 9.17) is 0 Å². The second-order valence-electron chi connectivity index (χ2n) is 5.95. The molecule has 0 atom stereocenters. The number of unbranched alkanes of at least 4 members (excludes halogenated alkanes) is 3. The van der Waals surface area contributed by atoms with Gasteiger partial charge in [-0.15, -0.1) is 0 Å². The van der Waals surface area contributed by atoms with Crippen molar-refractivity contribution in [1.82, 2.24) is 0 Å². The molecular formula is C16H28O3. The van der Waals surface area contributed by atoms with E-state index in [9.17, 15) is 14.4 Å². The van der Waals surface area contributed by atoms with Gasteiger partial charge >= 0.3 is 0 Å². The topological polar surface area (TPSA) is 51.2 Å². The van der Waals surface area contributed by atoms with Crippen LogP contribution >= 0.6 is 0 Å². The molecule has 0 saturated carbocycles. The van der Waals surface area contributed by atoms with Crippen LogP contribution in [-0.4, -0.2) is 17.3 Å². The van der Waals surface area contributed by atoms with Crippen molar-refractivity contribution in [3.05, 3.63) is 0 Å². The Hall–Kier alpha value is -0.990. The Morgan fingerprint density at radius 3 is 1.47 bits per heavy atom. The fourth-order valence-electron chi connectivity index (χ4n) is 2.96. The Morgan fingerprint density at radius 1 is 0.737 bits per heavy atom. The maximum atomic E-state index is 11.5. The predicted octanol–water partition coefficient (Wildman–Crippen LogP) is 3.88. The predicted molar refractivity (Wildman–Crippen MR) is 77.1 cm³/mol. The van der Waals surface area contributed by atoms with Crippen LogP contribution in [0.5, 0.6) is 0 Å². The lowest BCUT2D eigenvalue weighted by atomic mass is 9.71. The number of rotatable bonds is 11. The zero-order valence-electron chi connectivity index (χ0n) is 12.9. The number of carbonyl (C=O) groups excluding carboxylic acids is 3. The fraction of sp³-hybridized carbons (Fsp3) is 0.812. The third kappa shape index (κ3) is 8.68. The van der Waals surface area contributed by atoms with E-state index in [0.29, 0.717) is 19.3 Å². The number of carbonyl (C=O) groups is 3. The van der Waals surface area contributed by atoms with E-state index in [0.717, 1.165) is 32.1 Å². The van der Waals surface area contributed by atoms with Crippen molar-refractivity contribution in [2.24, 2.45) is 5.41 Å². The number of hydrogen-bond acceptors (Lipinski definition) is 3. The smallest absolute Gasteiger partial charge is 0.130 e. The Bertz CT molecular complexity index is 277. The lowest BCUT2D eigenvalue weighted by molar-refractivity contribution is -0.125. The average molecular weight is 268 g/mol. The summed E-state index contributed by atoms with van der Waals surface area (Å²) in [5, 5.41) is 0. The van der Waals surface area contributed by atoms with Gasteiger partial charge in [0.2, 0.25) is 0 Å². The van der Waals surface area contributed by atoms with Crippen molar-refractivity contribution < 1.29 is 14.4 Å². The first-order valence-corrected chi connectivity index (χ1v) is 7.29. The summed E-state index contributed by atoms with van der Waals surface area (Å²) in [5.74, 6) is 0.203. The Balaban J connectivity index is 4.82. The van der Waals surface area contributed by atoms with Crippen LogP contribution in [0, 0.1) is 5.41 Å². The summed E-state index contributed by atoms with van der Waals surface area (Å²) < 4.78 is 0. The molecule has 19 heavy (non-hydrogen) atoms. The molecule has 110 valence electrons. The highest BCUT2D eigenvalue weighted by molar-refractivity contribution is 5.83. The third-order valence-electron chi connectivity index (χ3n) is 3.43. The van der Waals surface area contributed by atoms with Gasteiger partial charge in [0.25, 0.3) is 0 Å². The zero-order valence-corrected chi connectivity index (χ0v) is 12.9. The van der Waals surface area contributed by atoms with Crippen molar-refractivity contribution in [3.8, 4) is 0 Å². The molecule has 0 amide bonds. The molecule has 0 radical (unpaired) electrons. The van der Waals surface area contributed by atoms with E-state index in [1.165, 1.54) is 0 Å². The zero-order chi connectivity index (χ0) is 14.9. The van der Waals surface area contributed by atoms with Crippen LogP contribution < -0.4 is 0 Å². The second kappa shape index (κ2) is 9.00. The summed E-state index contributed by atoms with van der Waals surface area (Å²) in [7, 11) is 0. The molecule has 0 bridgehead atoms. The average Bonchev–Trinajstić information content (AvgIpc) is 2.21. The lowest BCUT2D eigenvalue weighted by Gasteiger charge is -2.31. The Morgan fingerprint density at radius 2 is 1.16 bits per heavy atom. The molecule has 0 aromatic heterocycles. The Labute approximate surface area is 117 Å². The van der Waals surface area contributed by atoms with Gasteiger partial charge in [-0.3, -0.25) is 0 Å². The monoisotopic (exact) mass is 268 g/mol. The van der Waals surface area contributed by atoms with Gasteiger partial charge in [0.1, 0.15) is 17.3 Å². The van der Waals surface area contributed by atoms with Gasteiger partial charge < -0.3 is 14.4 Å². The van der Waals surface area contributed by atoms with E-state index in [1.54, 1.807) is 20.8 Å². The van der Waals surface area contributed by atoms with Gasteiger partial charge in [0, 0.05) is 19.3 Å². The summed E-state index contributed by atoms with van der Waals surface area (Å²) in [4.78, 5) is 34.5. The molecule has 0 aliphatic heterocycles. The van der Waals surface area contributed by atoms with E-state index in [2.05, 4.69) is 6.92 Å². The molecule has 0 saturated heterocycles. The van der Waals surface area contributed by atoms with Crippen molar-refractivity contribution in [1.29, 1.82) is 0 Å². The van der Waals surface area contributed by atoms with Crippen LogP contribution in [0.4, 0.5) is 0 Å². The van der Waals surface area contributed by atoms with Crippen LogP contribution in [-0.2, 0) is 14.4 Å². The normalized spacial score (nSPS) is 11.4. The molecule has 3 nitrogen and oxygen atoms in total. The maximum absolute atomic E-state index is 11.5. The molecule has 0 aliphatic rings.